The van der Waals surface area contributed by atoms with Gasteiger partial charge in [-0.05, 0) is 36.8 Å². The van der Waals surface area contributed by atoms with Crippen LogP contribution in [0.1, 0.15) is 81.5 Å². The fraction of sp³-hybridized carbons (Fsp3) is 0.500. The Morgan fingerprint density at radius 2 is 1.40 bits per heavy atom. The molecule has 9 heteroatoms. The van der Waals surface area contributed by atoms with Gasteiger partial charge in [0.15, 0.2) is 9.84 Å². The van der Waals surface area contributed by atoms with Crippen molar-refractivity contribution in [3.63, 3.8) is 0 Å². The number of anilines is 1. The van der Waals surface area contributed by atoms with Gasteiger partial charge in [-0.1, -0.05) is 82.9 Å². The van der Waals surface area contributed by atoms with E-state index in [0.29, 0.717) is 6.42 Å². The zero-order valence-electron chi connectivity index (χ0n) is 20.1. The molecule has 0 aliphatic heterocycles. The van der Waals surface area contributed by atoms with Gasteiger partial charge >= 0.3 is 6.30 Å². The van der Waals surface area contributed by atoms with Crippen LogP contribution in [-0.4, -0.2) is 31.5 Å². The molecule has 0 aliphatic rings. The van der Waals surface area contributed by atoms with Crippen LogP contribution >= 0.6 is 0 Å². The lowest BCUT2D eigenvalue weighted by molar-refractivity contribution is -0.122. The number of rotatable bonds is 14. The van der Waals surface area contributed by atoms with Crippen molar-refractivity contribution in [2.45, 2.75) is 82.3 Å². The molecule has 0 aliphatic carbocycles. The number of hydrogen-bond donors (Lipinski definition) is 1. The molecule has 0 heterocycles. The molecule has 2 aromatic rings. The number of nitrogens with zero attached hydrogens (tertiary/aromatic N) is 1. The van der Waals surface area contributed by atoms with Crippen molar-refractivity contribution in [2.24, 2.45) is 0 Å². The van der Waals surface area contributed by atoms with Crippen molar-refractivity contribution in [1.29, 1.82) is 0 Å². The molecule has 0 atom stereocenters. The molecular weight excluding hydrogens is 479 g/mol. The highest BCUT2D eigenvalue weighted by atomic mass is 32.2. The number of sulfone groups is 1. The normalized spacial score (nSPS) is 12.0. The van der Waals surface area contributed by atoms with Crippen LogP contribution in [0, 0.1) is 0 Å². The highest BCUT2D eigenvalue weighted by Gasteiger charge is 2.43. The second-order valence-corrected chi connectivity index (χ2v) is 10.7. The Kier molecular flexibility index (Phi) is 11.1. The van der Waals surface area contributed by atoms with Gasteiger partial charge in [0.25, 0.3) is 5.91 Å². The van der Waals surface area contributed by atoms with Crippen molar-refractivity contribution in [3.05, 3.63) is 54.1 Å². The molecule has 0 aromatic heterocycles. The maximum Gasteiger partial charge on any atom is 0.491 e. The van der Waals surface area contributed by atoms with E-state index in [2.05, 4.69) is 6.92 Å². The molecule has 0 radical (unpaired) electrons. The third-order valence-electron chi connectivity index (χ3n) is 5.80. The second-order valence-electron chi connectivity index (χ2n) is 8.62. The number of para-hydroxylation sites is 1. The molecule has 0 saturated carbocycles. The van der Waals surface area contributed by atoms with Crippen molar-refractivity contribution in [1.82, 2.24) is 0 Å². The molecule has 5 nitrogen and oxygen atoms in total. The summed E-state index contributed by atoms with van der Waals surface area (Å²) in [6.45, 7) is 2.17. The van der Waals surface area contributed by atoms with Crippen LogP contribution in [0.3, 0.4) is 0 Å². The van der Waals surface area contributed by atoms with E-state index in [0.717, 1.165) is 56.0 Å². The van der Waals surface area contributed by atoms with E-state index >= 15 is 0 Å². The van der Waals surface area contributed by atoms with Crippen LogP contribution in [0.5, 0.6) is 5.75 Å². The number of aromatic hydroxyl groups is 1. The third-order valence-corrected chi connectivity index (χ3v) is 7.59. The molecule has 2 aromatic carbocycles. The maximum absolute atomic E-state index is 13.7. The summed E-state index contributed by atoms with van der Waals surface area (Å²) in [5, 5.41) is 10.1. The van der Waals surface area contributed by atoms with Gasteiger partial charge in [-0.2, -0.15) is 0 Å². The van der Waals surface area contributed by atoms with Crippen LogP contribution < -0.4 is 4.90 Å². The quantitative estimate of drug-likeness (QED) is 0.213. The Hall–Kier alpha value is -2.55. The summed E-state index contributed by atoms with van der Waals surface area (Å²) in [5.41, 5.74) is -1.17. The van der Waals surface area contributed by atoms with E-state index < -0.39 is 43.9 Å². The number of amides is 1. The predicted molar refractivity (Wildman–Crippen MR) is 131 cm³/mol. The highest BCUT2D eigenvalue weighted by molar-refractivity contribution is 7.91. The minimum atomic E-state index is -5.07. The molecule has 0 bridgehead atoms. The molecule has 2 rings (SSSR count). The predicted octanol–water partition coefficient (Wildman–Crippen LogP) is 7.25. The van der Waals surface area contributed by atoms with Gasteiger partial charge in [-0.25, -0.2) is 13.3 Å². The fourth-order valence-corrected chi connectivity index (χ4v) is 5.25. The van der Waals surface area contributed by atoms with E-state index in [4.69, 9.17) is 0 Å². The van der Waals surface area contributed by atoms with Gasteiger partial charge in [-0.3, -0.25) is 4.79 Å². The number of phenols is 1. The van der Waals surface area contributed by atoms with E-state index in [9.17, 15) is 31.5 Å². The summed E-state index contributed by atoms with van der Waals surface area (Å²) in [6.07, 6.45) is 5.26. The average Bonchev–Trinajstić information content (AvgIpc) is 2.80. The van der Waals surface area contributed by atoms with Gasteiger partial charge in [0, 0.05) is 0 Å². The minimum Gasteiger partial charge on any atom is -0.507 e. The van der Waals surface area contributed by atoms with E-state index in [1.165, 1.54) is 50.3 Å². The Morgan fingerprint density at radius 1 is 0.857 bits per heavy atom. The van der Waals surface area contributed by atoms with Crippen LogP contribution in [0.25, 0.3) is 0 Å². The Balaban J connectivity index is 2.03. The topological polar surface area (TPSA) is 74.7 Å². The number of carbonyl (C=O) groups excluding carboxylic acids is 1. The summed E-state index contributed by atoms with van der Waals surface area (Å²) in [6, 6.07) is 9.27. The first-order chi connectivity index (χ1) is 16.6. The van der Waals surface area contributed by atoms with Gasteiger partial charge in [0.1, 0.15) is 5.75 Å². The highest BCUT2D eigenvalue weighted by Crippen LogP contribution is 2.33. The van der Waals surface area contributed by atoms with Crippen molar-refractivity contribution >= 4 is 21.4 Å². The van der Waals surface area contributed by atoms with Crippen molar-refractivity contribution in [2.75, 3.05) is 10.7 Å². The standard InChI is InChI=1S/C26H34F3NO4S/c1-2-3-4-5-6-7-8-9-10-14-19-35(33,34)22-17-18-24(31)23(20-22)25(32)30(26(27,28)29)21-15-12-11-13-16-21/h11-13,15-18,20,31H,2-10,14,19H2,1H3. The van der Waals surface area contributed by atoms with E-state index in [1.54, 1.807) is 0 Å². The zero-order chi connectivity index (χ0) is 25.9. The van der Waals surface area contributed by atoms with Crippen molar-refractivity contribution < 1.29 is 31.5 Å². The Morgan fingerprint density at radius 3 is 1.94 bits per heavy atom. The number of unbranched alkanes of at least 4 members (excludes halogenated alkanes) is 9. The molecule has 1 amide bonds. The lowest BCUT2D eigenvalue weighted by Gasteiger charge is -2.25. The molecule has 194 valence electrons. The molecule has 0 saturated heterocycles. The largest absolute Gasteiger partial charge is 0.507 e. The van der Waals surface area contributed by atoms with Crippen molar-refractivity contribution in [3.8, 4) is 5.75 Å². The molecule has 0 fully saturated rings. The number of hydrogen-bond acceptors (Lipinski definition) is 4. The molecule has 35 heavy (non-hydrogen) atoms. The fourth-order valence-electron chi connectivity index (χ4n) is 3.85. The molecule has 0 spiro atoms. The zero-order valence-corrected chi connectivity index (χ0v) is 20.9. The van der Waals surface area contributed by atoms with Crippen LogP contribution in [0.4, 0.5) is 18.9 Å². The maximum atomic E-state index is 13.7. The van der Waals surface area contributed by atoms with Crippen LogP contribution in [0.2, 0.25) is 0 Å². The second kappa shape index (κ2) is 13.5. The number of phenolic OH excluding ortho intramolecular Hbond substituents is 1. The van der Waals surface area contributed by atoms with Gasteiger partial charge < -0.3 is 5.11 Å². The first-order valence-electron chi connectivity index (χ1n) is 12.1. The SMILES string of the molecule is CCCCCCCCCCCCS(=O)(=O)c1ccc(O)c(C(=O)N(c2ccccc2)C(F)(F)F)c1. The number of alkyl halides is 3. The van der Waals surface area contributed by atoms with Gasteiger partial charge in [0.05, 0.1) is 21.9 Å². The van der Waals surface area contributed by atoms with Crippen LogP contribution in [0.15, 0.2) is 53.4 Å². The van der Waals surface area contributed by atoms with E-state index in [-0.39, 0.29) is 10.6 Å². The first-order valence-corrected chi connectivity index (χ1v) is 13.7. The Labute approximate surface area is 205 Å². The smallest absolute Gasteiger partial charge is 0.491 e. The Bertz CT molecular complexity index is 1040. The average molecular weight is 514 g/mol. The summed E-state index contributed by atoms with van der Waals surface area (Å²) in [4.78, 5) is 12.1. The third kappa shape index (κ3) is 8.87. The number of carbonyl (C=O) groups is 1. The van der Waals surface area contributed by atoms with E-state index in [1.807, 2.05) is 0 Å². The van der Waals surface area contributed by atoms with Gasteiger partial charge in [-0.15, -0.1) is 13.2 Å². The summed E-state index contributed by atoms with van der Waals surface area (Å²) >= 11 is 0. The summed E-state index contributed by atoms with van der Waals surface area (Å²) < 4.78 is 66.6. The summed E-state index contributed by atoms with van der Waals surface area (Å²) in [5.74, 6) is -2.46. The molecule has 1 N–H and O–H groups in total. The monoisotopic (exact) mass is 513 g/mol. The lowest BCUT2D eigenvalue weighted by Crippen LogP contribution is -2.43. The molecular formula is C26H34F3NO4S. The summed E-state index contributed by atoms with van der Waals surface area (Å²) in [7, 11) is -3.83. The number of benzene rings is 2. The minimum absolute atomic E-state index is 0.177. The first kappa shape index (κ1) is 28.7. The lowest BCUT2D eigenvalue weighted by atomic mass is 10.1. The van der Waals surface area contributed by atoms with Gasteiger partial charge in [0.2, 0.25) is 0 Å². The number of halogens is 3. The van der Waals surface area contributed by atoms with Crippen LogP contribution in [-0.2, 0) is 9.84 Å². The molecule has 0 unspecified atom stereocenters.